The van der Waals surface area contributed by atoms with Crippen molar-refractivity contribution in [2.24, 2.45) is 0 Å². The lowest BCUT2D eigenvalue weighted by atomic mass is 10.1. The fourth-order valence-electron chi connectivity index (χ4n) is 2.58. The average molecular weight is 430 g/mol. The van der Waals surface area contributed by atoms with Crippen LogP contribution in [-0.2, 0) is 0 Å². The molecule has 0 saturated heterocycles. The van der Waals surface area contributed by atoms with Gasteiger partial charge < -0.3 is 10.6 Å². The van der Waals surface area contributed by atoms with Gasteiger partial charge in [-0.1, -0.05) is 6.07 Å². The fourth-order valence-corrected chi connectivity index (χ4v) is 3.26. The molecule has 148 valence electrons. The van der Waals surface area contributed by atoms with Crippen LogP contribution in [0.3, 0.4) is 0 Å². The average Bonchev–Trinajstić information content (AvgIpc) is 3.27. The minimum absolute atomic E-state index is 0. The molecule has 0 aliphatic carbocycles. The highest BCUT2D eigenvalue weighted by Gasteiger charge is 2.19. The summed E-state index contributed by atoms with van der Waals surface area (Å²) in [6.45, 7) is 6.70. The highest BCUT2D eigenvalue weighted by Crippen LogP contribution is 2.28. The fraction of sp³-hybridized carbons (Fsp3) is 0.389. The van der Waals surface area contributed by atoms with Gasteiger partial charge in [-0.3, -0.25) is 4.79 Å². The summed E-state index contributed by atoms with van der Waals surface area (Å²) in [6.07, 6.45) is 1.73. The van der Waals surface area contributed by atoms with Gasteiger partial charge in [-0.15, -0.1) is 36.2 Å². The van der Waals surface area contributed by atoms with Crippen LogP contribution in [-0.4, -0.2) is 40.3 Å². The monoisotopic (exact) mass is 429 g/mol. The van der Waals surface area contributed by atoms with Gasteiger partial charge >= 0.3 is 0 Å². The van der Waals surface area contributed by atoms with Crippen molar-refractivity contribution in [2.75, 3.05) is 13.6 Å². The van der Waals surface area contributed by atoms with Crippen LogP contribution in [0.1, 0.15) is 37.2 Å². The normalized spacial score (nSPS) is 11.7. The van der Waals surface area contributed by atoms with Crippen molar-refractivity contribution in [2.45, 2.75) is 32.9 Å². The number of pyridine rings is 1. The molecular formula is C18H25Cl2N5OS. The molecule has 1 amide bonds. The molecule has 1 atom stereocenters. The van der Waals surface area contributed by atoms with Gasteiger partial charge in [-0.25, -0.2) is 9.67 Å². The molecule has 9 heteroatoms. The molecule has 0 aliphatic rings. The zero-order chi connectivity index (χ0) is 18.0. The van der Waals surface area contributed by atoms with Gasteiger partial charge in [0, 0.05) is 18.6 Å². The highest BCUT2D eigenvalue weighted by molar-refractivity contribution is 7.13. The third-order valence-electron chi connectivity index (χ3n) is 4.14. The molecule has 3 rings (SSSR count). The van der Waals surface area contributed by atoms with E-state index in [4.69, 9.17) is 4.98 Å². The van der Waals surface area contributed by atoms with Crippen molar-refractivity contribution in [3.8, 4) is 10.6 Å². The van der Waals surface area contributed by atoms with Crippen molar-refractivity contribution in [3.63, 3.8) is 0 Å². The van der Waals surface area contributed by atoms with E-state index in [1.165, 1.54) is 0 Å². The Hall–Kier alpha value is -1.67. The molecule has 1 unspecified atom stereocenters. The first-order valence-electron chi connectivity index (χ1n) is 8.39. The van der Waals surface area contributed by atoms with Gasteiger partial charge in [-0.05, 0) is 45.3 Å². The van der Waals surface area contributed by atoms with Crippen LogP contribution in [0.4, 0.5) is 0 Å². The van der Waals surface area contributed by atoms with Crippen LogP contribution in [0.5, 0.6) is 0 Å². The molecule has 3 aromatic rings. The Morgan fingerprint density at radius 2 is 2.04 bits per heavy atom. The topological polar surface area (TPSA) is 71.8 Å². The first-order valence-corrected chi connectivity index (χ1v) is 9.26. The predicted octanol–water partition coefficient (Wildman–Crippen LogP) is 3.92. The number of thiophene rings is 1. The molecule has 0 aromatic carbocycles. The maximum absolute atomic E-state index is 12.8. The molecule has 0 fully saturated rings. The van der Waals surface area contributed by atoms with E-state index in [9.17, 15) is 4.79 Å². The zero-order valence-electron chi connectivity index (χ0n) is 15.7. The van der Waals surface area contributed by atoms with Gasteiger partial charge in [0.25, 0.3) is 5.91 Å². The SMILES string of the molecule is CNC(C)CNC(=O)c1cc(-c2cccs2)nc2c1cnn2C(C)C.Cl.Cl. The largest absolute Gasteiger partial charge is 0.350 e. The Kier molecular flexibility index (Phi) is 8.68. The lowest BCUT2D eigenvalue weighted by Crippen LogP contribution is -2.37. The first kappa shape index (κ1) is 23.4. The summed E-state index contributed by atoms with van der Waals surface area (Å²) in [5.41, 5.74) is 2.16. The van der Waals surface area contributed by atoms with Crippen molar-refractivity contribution in [3.05, 3.63) is 35.3 Å². The summed E-state index contributed by atoms with van der Waals surface area (Å²) in [5.74, 6) is -0.101. The predicted molar refractivity (Wildman–Crippen MR) is 117 cm³/mol. The number of carbonyl (C=O) groups is 1. The second kappa shape index (κ2) is 10.0. The maximum Gasteiger partial charge on any atom is 0.252 e. The molecule has 27 heavy (non-hydrogen) atoms. The van der Waals surface area contributed by atoms with Crippen LogP contribution < -0.4 is 10.6 Å². The quantitative estimate of drug-likeness (QED) is 0.622. The summed E-state index contributed by atoms with van der Waals surface area (Å²) in [5, 5.41) is 13.3. The van der Waals surface area contributed by atoms with E-state index in [1.807, 2.05) is 42.2 Å². The number of halogens is 2. The second-order valence-electron chi connectivity index (χ2n) is 6.35. The standard InChI is InChI=1S/C18H23N5OS.2ClH/c1-11(2)23-17-14(10-21-23)13(18(24)20-9-12(3)19-4)8-15(22-17)16-6-5-7-25-16;;/h5-8,10-12,19H,9H2,1-4H3,(H,20,24);2*1H. The number of hydrogen-bond donors (Lipinski definition) is 2. The maximum atomic E-state index is 12.8. The Bertz CT molecular complexity index is 879. The minimum atomic E-state index is -0.101. The second-order valence-corrected chi connectivity index (χ2v) is 7.30. The van der Waals surface area contributed by atoms with Gasteiger partial charge in [0.15, 0.2) is 5.65 Å². The molecular weight excluding hydrogens is 405 g/mol. The molecule has 0 bridgehead atoms. The summed E-state index contributed by atoms with van der Waals surface area (Å²) >= 11 is 1.61. The van der Waals surface area contributed by atoms with E-state index in [0.717, 1.165) is 21.6 Å². The van der Waals surface area contributed by atoms with E-state index < -0.39 is 0 Å². The number of likely N-dealkylation sites (N-methyl/N-ethyl adjacent to an activating group) is 1. The Morgan fingerprint density at radius 3 is 2.63 bits per heavy atom. The molecule has 3 heterocycles. The van der Waals surface area contributed by atoms with E-state index in [1.54, 1.807) is 17.5 Å². The van der Waals surface area contributed by atoms with Gasteiger partial charge in [0.05, 0.1) is 27.7 Å². The molecule has 0 spiro atoms. The number of nitrogens with zero attached hydrogens (tertiary/aromatic N) is 3. The van der Waals surface area contributed by atoms with E-state index in [0.29, 0.717) is 12.1 Å². The molecule has 3 aromatic heterocycles. The summed E-state index contributed by atoms with van der Waals surface area (Å²) < 4.78 is 1.86. The van der Waals surface area contributed by atoms with Crippen LogP contribution >= 0.6 is 36.2 Å². The van der Waals surface area contributed by atoms with Crippen molar-refractivity contribution < 1.29 is 4.79 Å². The smallest absolute Gasteiger partial charge is 0.252 e. The lowest BCUT2D eigenvalue weighted by Gasteiger charge is -2.13. The third-order valence-corrected chi connectivity index (χ3v) is 5.03. The number of fused-ring (bicyclic) bond motifs is 1. The van der Waals surface area contributed by atoms with Gasteiger partial charge in [-0.2, -0.15) is 5.10 Å². The molecule has 2 N–H and O–H groups in total. The van der Waals surface area contributed by atoms with Crippen molar-refractivity contribution in [1.82, 2.24) is 25.4 Å². The third kappa shape index (κ3) is 4.99. The Morgan fingerprint density at radius 1 is 1.30 bits per heavy atom. The first-order chi connectivity index (χ1) is 12.0. The minimum Gasteiger partial charge on any atom is -0.350 e. The van der Waals surface area contributed by atoms with Crippen LogP contribution in [0.2, 0.25) is 0 Å². The molecule has 0 aliphatic heterocycles. The number of amides is 1. The number of hydrogen-bond acceptors (Lipinski definition) is 5. The zero-order valence-corrected chi connectivity index (χ0v) is 18.2. The summed E-state index contributed by atoms with van der Waals surface area (Å²) in [7, 11) is 1.88. The van der Waals surface area contributed by atoms with Gasteiger partial charge in [0.2, 0.25) is 0 Å². The van der Waals surface area contributed by atoms with Crippen LogP contribution in [0.15, 0.2) is 29.8 Å². The van der Waals surface area contributed by atoms with E-state index >= 15 is 0 Å². The summed E-state index contributed by atoms with van der Waals surface area (Å²) in [6, 6.07) is 6.24. The number of carbonyl (C=O) groups excluding carboxylic acids is 1. The number of rotatable bonds is 6. The summed E-state index contributed by atoms with van der Waals surface area (Å²) in [4.78, 5) is 18.6. The Labute approximate surface area is 175 Å². The van der Waals surface area contributed by atoms with Crippen molar-refractivity contribution >= 4 is 53.1 Å². The van der Waals surface area contributed by atoms with Crippen LogP contribution in [0.25, 0.3) is 21.6 Å². The lowest BCUT2D eigenvalue weighted by molar-refractivity contribution is 0.0952. The van der Waals surface area contributed by atoms with E-state index in [-0.39, 0.29) is 42.8 Å². The Balaban J connectivity index is 0.00000182. The van der Waals surface area contributed by atoms with Crippen molar-refractivity contribution in [1.29, 1.82) is 0 Å². The van der Waals surface area contributed by atoms with Crippen LogP contribution in [0, 0.1) is 0 Å². The molecule has 6 nitrogen and oxygen atoms in total. The molecule has 0 radical (unpaired) electrons. The van der Waals surface area contributed by atoms with Gasteiger partial charge in [0.1, 0.15) is 0 Å². The molecule has 0 saturated carbocycles. The van der Waals surface area contributed by atoms with E-state index in [2.05, 4.69) is 29.6 Å². The number of nitrogens with one attached hydrogen (secondary N) is 2. The number of aromatic nitrogens is 3. The highest BCUT2D eigenvalue weighted by atomic mass is 35.5.